The Balaban J connectivity index is 0. The highest BCUT2D eigenvalue weighted by molar-refractivity contribution is 5.91. The number of hydrogen-bond acceptors (Lipinski definition) is 3. The third-order valence-electron chi connectivity index (χ3n) is 1.36. The lowest BCUT2D eigenvalue weighted by molar-refractivity contribution is -0.136. The van der Waals surface area contributed by atoms with Crippen LogP contribution in [0.1, 0.15) is 20.8 Å². The summed E-state index contributed by atoms with van der Waals surface area (Å²) in [6.45, 7) is 8.42. The van der Waals surface area contributed by atoms with Crippen LogP contribution in [0.25, 0.3) is 0 Å². The molecule has 0 fully saturated rings. The summed E-state index contributed by atoms with van der Waals surface area (Å²) in [7, 11) is 1.33. The van der Waals surface area contributed by atoms with Crippen molar-refractivity contribution in [2.75, 3.05) is 7.11 Å². The number of rotatable bonds is 2. The number of nitrogens with two attached hydrogens (primary N) is 1. The molecule has 80 valence electrons. The largest absolute Gasteiger partial charge is 0.466 e. The first kappa shape index (κ1) is 14.9. The highest BCUT2D eigenvalue weighted by Crippen LogP contribution is 1.87. The highest BCUT2D eigenvalue weighted by atomic mass is 16.5. The van der Waals surface area contributed by atoms with Crippen LogP contribution in [0.2, 0.25) is 0 Å². The van der Waals surface area contributed by atoms with Gasteiger partial charge < -0.3 is 10.5 Å². The Kier molecular flexibility index (Phi) is 8.57. The summed E-state index contributed by atoms with van der Waals surface area (Å²) >= 11 is 0. The van der Waals surface area contributed by atoms with Gasteiger partial charge in [0, 0.05) is 11.1 Å². The molecule has 0 saturated carbocycles. The van der Waals surface area contributed by atoms with E-state index in [-0.39, 0.29) is 11.9 Å². The zero-order chi connectivity index (χ0) is 11.7. The van der Waals surface area contributed by atoms with Gasteiger partial charge in [-0.3, -0.25) is 4.79 Å². The van der Waals surface area contributed by atoms with Crippen LogP contribution >= 0.6 is 0 Å². The van der Waals surface area contributed by atoms with E-state index < -0.39 is 0 Å². The quantitative estimate of drug-likeness (QED) is 0.536. The maximum atomic E-state index is 10.2. The van der Waals surface area contributed by atoms with Gasteiger partial charge in [-0.25, -0.2) is 4.79 Å². The molecule has 0 aromatic heterocycles. The Hall–Kier alpha value is -1.58. The van der Waals surface area contributed by atoms with Gasteiger partial charge >= 0.3 is 5.97 Å². The first-order valence-electron chi connectivity index (χ1n) is 4.03. The van der Waals surface area contributed by atoms with Gasteiger partial charge in [-0.2, -0.15) is 0 Å². The minimum Gasteiger partial charge on any atom is -0.466 e. The molecule has 0 rings (SSSR count). The predicted octanol–water partition coefficient (Wildman–Crippen LogP) is 1.17. The number of allylic oxidation sites excluding steroid dienone is 1. The van der Waals surface area contributed by atoms with Crippen molar-refractivity contribution < 1.29 is 14.3 Å². The van der Waals surface area contributed by atoms with Crippen molar-refractivity contribution in [3.63, 3.8) is 0 Å². The summed E-state index contributed by atoms with van der Waals surface area (Å²) in [5.74, 6) is -0.692. The zero-order valence-electron chi connectivity index (χ0n) is 9.09. The van der Waals surface area contributed by atoms with Gasteiger partial charge in [0.05, 0.1) is 7.11 Å². The third kappa shape index (κ3) is 8.52. The number of carbonyl (C=O) groups is 2. The van der Waals surface area contributed by atoms with Crippen molar-refractivity contribution >= 4 is 11.9 Å². The second-order valence-corrected chi connectivity index (χ2v) is 2.61. The molecule has 0 aromatic carbocycles. The Labute approximate surface area is 84.4 Å². The van der Waals surface area contributed by atoms with Gasteiger partial charge in [-0.1, -0.05) is 12.7 Å². The summed E-state index contributed by atoms with van der Waals surface area (Å²) < 4.78 is 4.27. The SMILES string of the molecule is C/C=C(\C)C(N)=O.C=C(C)C(=O)OC. The minimum atomic E-state index is -0.347. The molecule has 14 heavy (non-hydrogen) atoms. The Morgan fingerprint density at radius 2 is 1.79 bits per heavy atom. The lowest BCUT2D eigenvalue weighted by Gasteiger charge is -1.91. The zero-order valence-corrected chi connectivity index (χ0v) is 9.09. The average molecular weight is 199 g/mol. The number of methoxy groups -OCH3 is 1. The third-order valence-corrected chi connectivity index (χ3v) is 1.36. The molecule has 4 nitrogen and oxygen atoms in total. The van der Waals surface area contributed by atoms with Gasteiger partial charge in [-0.05, 0) is 20.8 Å². The van der Waals surface area contributed by atoms with Gasteiger partial charge in [-0.15, -0.1) is 0 Å². The molecular formula is C10H17NO3. The van der Waals surface area contributed by atoms with E-state index in [1.807, 2.05) is 0 Å². The van der Waals surface area contributed by atoms with E-state index in [1.165, 1.54) is 7.11 Å². The number of carbonyl (C=O) groups excluding carboxylic acids is 2. The van der Waals surface area contributed by atoms with Crippen LogP contribution in [0.5, 0.6) is 0 Å². The number of amides is 1. The van der Waals surface area contributed by atoms with Crippen LogP contribution in [0.3, 0.4) is 0 Å². The minimum absolute atomic E-state index is 0.345. The van der Waals surface area contributed by atoms with Crippen LogP contribution in [0.4, 0.5) is 0 Å². The van der Waals surface area contributed by atoms with Crippen molar-refractivity contribution in [1.29, 1.82) is 0 Å². The molecule has 1 amide bonds. The van der Waals surface area contributed by atoms with Crippen LogP contribution in [0.15, 0.2) is 23.8 Å². The molecule has 0 unspecified atom stereocenters. The van der Waals surface area contributed by atoms with Crippen molar-refractivity contribution in [2.24, 2.45) is 5.73 Å². The predicted molar refractivity (Wildman–Crippen MR) is 55.5 cm³/mol. The second kappa shape index (κ2) is 8.04. The molecule has 0 aromatic rings. The van der Waals surface area contributed by atoms with E-state index >= 15 is 0 Å². The first-order chi connectivity index (χ1) is 6.36. The van der Waals surface area contributed by atoms with Crippen LogP contribution in [-0.2, 0) is 14.3 Å². The Bertz CT molecular complexity index is 254. The topological polar surface area (TPSA) is 69.4 Å². The molecule has 0 bridgehead atoms. The molecule has 2 N–H and O–H groups in total. The number of primary amides is 1. The highest BCUT2D eigenvalue weighted by Gasteiger charge is 1.95. The maximum Gasteiger partial charge on any atom is 0.332 e. The van der Waals surface area contributed by atoms with E-state index in [9.17, 15) is 9.59 Å². The normalized spacial score (nSPS) is 9.57. The van der Waals surface area contributed by atoms with E-state index in [0.717, 1.165) is 0 Å². The summed E-state index contributed by atoms with van der Waals surface area (Å²) in [4.78, 5) is 20.3. The van der Waals surface area contributed by atoms with Gasteiger partial charge in [0.25, 0.3) is 0 Å². The van der Waals surface area contributed by atoms with Crippen molar-refractivity contribution in [3.05, 3.63) is 23.8 Å². The molecular weight excluding hydrogens is 182 g/mol. The second-order valence-electron chi connectivity index (χ2n) is 2.61. The molecule has 0 heterocycles. The molecule has 0 atom stereocenters. The summed E-state index contributed by atoms with van der Waals surface area (Å²) in [5, 5.41) is 0. The van der Waals surface area contributed by atoms with Crippen LogP contribution in [0, 0.1) is 0 Å². The van der Waals surface area contributed by atoms with Crippen molar-refractivity contribution in [1.82, 2.24) is 0 Å². The molecule has 0 aliphatic rings. The molecule has 0 aliphatic carbocycles. The van der Waals surface area contributed by atoms with Gasteiger partial charge in [0.15, 0.2) is 0 Å². The molecule has 0 radical (unpaired) electrons. The van der Waals surface area contributed by atoms with Gasteiger partial charge in [0.2, 0.25) is 5.91 Å². The van der Waals surface area contributed by atoms with Crippen molar-refractivity contribution in [3.8, 4) is 0 Å². The number of esters is 1. The molecule has 0 aliphatic heterocycles. The number of hydrogen-bond donors (Lipinski definition) is 1. The first-order valence-corrected chi connectivity index (χ1v) is 4.03. The average Bonchev–Trinajstić information content (AvgIpc) is 2.15. The monoisotopic (exact) mass is 199 g/mol. The lowest BCUT2D eigenvalue weighted by atomic mass is 10.3. The fraction of sp³-hybridized carbons (Fsp3) is 0.400. The van der Waals surface area contributed by atoms with E-state index in [0.29, 0.717) is 11.1 Å². The summed E-state index contributed by atoms with van der Waals surface area (Å²) in [6, 6.07) is 0. The van der Waals surface area contributed by atoms with E-state index in [1.54, 1.807) is 26.8 Å². The standard InChI is InChI=1S/C5H9NO.C5H8O2/c1-3-4(2)5(6)7;1-4(2)5(6)7-3/h3H,1-2H3,(H2,6,7);1H2,2-3H3/b4-3+;. The summed E-state index contributed by atoms with van der Waals surface area (Å²) in [5.41, 5.74) is 5.88. The van der Waals surface area contributed by atoms with E-state index in [4.69, 9.17) is 5.73 Å². The smallest absolute Gasteiger partial charge is 0.332 e. The van der Waals surface area contributed by atoms with Crippen molar-refractivity contribution in [2.45, 2.75) is 20.8 Å². The maximum absolute atomic E-state index is 10.2. The molecule has 0 spiro atoms. The fourth-order valence-electron chi connectivity index (χ4n) is 0.316. The molecule has 0 saturated heterocycles. The molecule has 4 heteroatoms. The van der Waals surface area contributed by atoms with Crippen LogP contribution in [-0.4, -0.2) is 19.0 Å². The Morgan fingerprint density at radius 3 is 1.79 bits per heavy atom. The summed E-state index contributed by atoms with van der Waals surface area (Å²) in [6.07, 6.45) is 1.68. The fourth-order valence-corrected chi connectivity index (χ4v) is 0.316. The van der Waals surface area contributed by atoms with E-state index in [2.05, 4.69) is 11.3 Å². The van der Waals surface area contributed by atoms with Crippen LogP contribution < -0.4 is 5.73 Å². The lowest BCUT2D eigenvalue weighted by Crippen LogP contribution is -2.10. The Morgan fingerprint density at radius 1 is 1.36 bits per heavy atom. The van der Waals surface area contributed by atoms with Gasteiger partial charge in [0.1, 0.15) is 0 Å². The number of ether oxygens (including phenoxy) is 1.